The molecule has 1 saturated carbocycles. The first-order chi connectivity index (χ1) is 10.8. The number of nitrogens with one attached hydrogen (secondary N) is 1. The van der Waals surface area contributed by atoms with E-state index in [9.17, 15) is 13.2 Å². The van der Waals surface area contributed by atoms with Crippen molar-refractivity contribution in [3.63, 3.8) is 0 Å². The lowest BCUT2D eigenvalue weighted by Crippen LogP contribution is -2.34. The Kier molecular flexibility index (Phi) is 5.74. The SMILES string of the molecule is Cc1c(C(=O)NCCS(=O)(=O)N(C)C)nnn1CC1CCCC1. The summed E-state index contributed by atoms with van der Waals surface area (Å²) in [7, 11) is -0.383. The highest BCUT2D eigenvalue weighted by atomic mass is 32.2. The predicted octanol–water partition coefficient (Wildman–Crippen LogP) is 0.398. The molecule has 0 spiro atoms. The number of hydrogen-bond acceptors (Lipinski definition) is 5. The van der Waals surface area contributed by atoms with Gasteiger partial charge in [0.25, 0.3) is 5.91 Å². The van der Waals surface area contributed by atoms with E-state index in [0.717, 1.165) is 16.5 Å². The summed E-state index contributed by atoms with van der Waals surface area (Å²) in [5, 5.41) is 10.6. The fraction of sp³-hybridized carbons (Fsp3) is 0.786. The molecular weight excluding hydrogens is 318 g/mol. The molecule has 1 aromatic rings. The number of carbonyl (C=O) groups excluding carboxylic acids is 1. The molecule has 0 unspecified atom stereocenters. The fourth-order valence-corrected chi connectivity index (χ4v) is 3.47. The van der Waals surface area contributed by atoms with Crippen LogP contribution in [0.2, 0.25) is 0 Å². The highest BCUT2D eigenvalue weighted by Crippen LogP contribution is 2.26. The third kappa shape index (κ3) is 4.51. The molecule has 0 saturated heterocycles. The Morgan fingerprint density at radius 3 is 2.61 bits per heavy atom. The van der Waals surface area contributed by atoms with Crippen LogP contribution in [0, 0.1) is 12.8 Å². The maximum atomic E-state index is 12.1. The van der Waals surface area contributed by atoms with Gasteiger partial charge in [-0.3, -0.25) is 4.79 Å². The highest BCUT2D eigenvalue weighted by Gasteiger charge is 2.21. The third-order valence-electron chi connectivity index (χ3n) is 4.31. The van der Waals surface area contributed by atoms with Crippen LogP contribution in [0.15, 0.2) is 0 Å². The van der Waals surface area contributed by atoms with Gasteiger partial charge in [-0.05, 0) is 25.7 Å². The van der Waals surface area contributed by atoms with Crippen LogP contribution in [-0.4, -0.2) is 60.0 Å². The summed E-state index contributed by atoms with van der Waals surface area (Å²) < 4.78 is 26.2. The van der Waals surface area contributed by atoms with Crippen LogP contribution in [0.5, 0.6) is 0 Å². The molecule has 1 N–H and O–H groups in total. The minimum Gasteiger partial charge on any atom is -0.350 e. The predicted molar refractivity (Wildman–Crippen MR) is 86.5 cm³/mol. The standard InChI is InChI=1S/C14H25N5O3S/c1-11-13(14(20)15-8-9-23(21,22)18(2)3)16-17-19(11)10-12-6-4-5-7-12/h12H,4-10H2,1-3H3,(H,15,20). The van der Waals surface area contributed by atoms with Gasteiger partial charge in [0.05, 0.1) is 11.4 Å². The lowest BCUT2D eigenvalue weighted by Gasteiger charge is -2.11. The average Bonchev–Trinajstić information content (AvgIpc) is 3.10. The summed E-state index contributed by atoms with van der Waals surface area (Å²) in [5.74, 6) is 0.0896. The number of rotatable bonds is 7. The number of nitrogens with zero attached hydrogens (tertiary/aromatic N) is 4. The van der Waals surface area contributed by atoms with E-state index in [-0.39, 0.29) is 23.9 Å². The van der Waals surface area contributed by atoms with Gasteiger partial charge in [0.1, 0.15) is 0 Å². The smallest absolute Gasteiger partial charge is 0.273 e. The molecule has 0 bridgehead atoms. The van der Waals surface area contributed by atoms with Gasteiger partial charge in [-0.15, -0.1) is 5.10 Å². The Morgan fingerprint density at radius 1 is 1.35 bits per heavy atom. The monoisotopic (exact) mass is 343 g/mol. The molecule has 1 aliphatic carbocycles. The van der Waals surface area contributed by atoms with Crippen LogP contribution in [0.3, 0.4) is 0 Å². The quantitative estimate of drug-likeness (QED) is 0.773. The molecule has 130 valence electrons. The van der Waals surface area contributed by atoms with Crippen molar-refractivity contribution < 1.29 is 13.2 Å². The maximum absolute atomic E-state index is 12.1. The van der Waals surface area contributed by atoms with Gasteiger partial charge < -0.3 is 5.32 Å². The molecule has 0 atom stereocenters. The van der Waals surface area contributed by atoms with Crippen molar-refractivity contribution >= 4 is 15.9 Å². The Balaban J connectivity index is 1.91. The van der Waals surface area contributed by atoms with Crippen LogP contribution in [0.25, 0.3) is 0 Å². The van der Waals surface area contributed by atoms with E-state index in [2.05, 4.69) is 15.6 Å². The number of amides is 1. The highest BCUT2D eigenvalue weighted by molar-refractivity contribution is 7.89. The van der Waals surface area contributed by atoms with Crippen molar-refractivity contribution in [3.8, 4) is 0 Å². The van der Waals surface area contributed by atoms with E-state index < -0.39 is 10.0 Å². The van der Waals surface area contributed by atoms with Gasteiger partial charge in [-0.25, -0.2) is 17.4 Å². The summed E-state index contributed by atoms with van der Waals surface area (Å²) in [4.78, 5) is 12.1. The molecule has 23 heavy (non-hydrogen) atoms. The summed E-state index contributed by atoms with van der Waals surface area (Å²) in [6.45, 7) is 2.66. The van der Waals surface area contributed by atoms with Crippen LogP contribution < -0.4 is 5.32 Å². The normalized spacial score (nSPS) is 16.2. The number of sulfonamides is 1. The number of hydrogen-bond donors (Lipinski definition) is 1. The molecule has 0 aromatic carbocycles. The largest absolute Gasteiger partial charge is 0.350 e. The number of aromatic nitrogens is 3. The molecule has 9 heteroatoms. The molecule has 1 heterocycles. The van der Waals surface area contributed by atoms with Gasteiger partial charge in [0.2, 0.25) is 10.0 Å². The van der Waals surface area contributed by atoms with E-state index in [1.54, 1.807) is 4.68 Å². The Labute approximate surface area is 137 Å². The molecule has 1 fully saturated rings. The van der Waals surface area contributed by atoms with Gasteiger partial charge in [0.15, 0.2) is 5.69 Å². The second-order valence-electron chi connectivity index (χ2n) is 6.21. The average molecular weight is 343 g/mol. The summed E-state index contributed by atoms with van der Waals surface area (Å²) in [5.41, 5.74) is 0.995. The van der Waals surface area contributed by atoms with Gasteiger partial charge >= 0.3 is 0 Å². The zero-order chi connectivity index (χ0) is 17.0. The molecule has 1 aromatic heterocycles. The topological polar surface area (TPSA) is 97.2 Å². The zero-order valence-corrected chi connectivity index (χ0v) is 14.8. The molecule has 2 rings (SSSR count). The van der Waals surface area contributed by atoms with Crippen LogP contribution in [0.1, 0.15) is 41.9 Å². The van der Waals surface area contributed by atoms with E-state index in [4.69, 9.17) is 0 Å². The zero-order valence-electron chi connectivity index (χ0n) is 13.9. The van der Waals surface area contributed by atoms with E-state index in [1.165, 1.54) is 39.8 Å². The first-order valence-corrected chi connectivity index (χ1v) is 9.50. The van der Waals surface area contributed by atoms with Crippen molar-refractivity contribution in [2.45, 2.75) is 39.2 Å². The fourth-order valence-electron chi connectivity index (χ4n) is 2.74. The second kappa shape index (κ2) is 7.39. The van der Waals surface area contributed by atoms with E-state index in [0.29, 0.717) is 5.92 Å². The van der Waals surface area contributed by atoms with Gasteiger partial charge in [-0.2, -0.15) is 0 Å². The van der Waals surface area contributed by atoms with Gasteiger partial charge in [0, 0.05) is 27.2 Å². The molecule has 8 nitrogen and oxygen atoms in total. The number of carbonyl (C=O) groups is 1. The molecule has 1 aliphatic rings. The molecular formula is C14H25N5O3S. The second-order valence-corrected chi connectivity index (χ2v) is 8.51. The van der Waals surface area contributed by atoms with Crippen LogP contribution in [-0.2, 0) is 16.6 Å². The lowest BCUT2D eigenvalue weighted by molar-refractivity contribution is 0.0950. The van der Waals surface area contributed by atoms with Crippen molar-refractivity contribution in [3.05, 3.63) is 11.4 Å². The third-order valence-corrected chi connectivity index (χ3v) is 6.14. The minimum absolute atomic E-state index is 0.0499. The minimum atomic E-state index is -3.32. The summed E-state index contributed by atoms with van der Waals surface area (Å²) >= 11 is 0. The Morgan fingerprint density at radius 2 is 2.00 bits per heavy atom. The summed E-state index contributed by atoms with van der Waals surface area (Å²) in [6, 6.07) is 0. The Bertz CT molecular complexity index is 647. The van der Waals surface area contributed by atoms with Crippen molar-refractivity contribution in [2.24, 2.45) is 5.92 Å². The molecule has 0 aliphatic heterocycles. The van der Waals surface area contributed by atoms with Crippen LogP contribution in [0.4, 0.5) is 0 Å². The first kappa shape index (κ1) is 17.9. The van der Waals surface area contributed by atoms with Crippen molar-refractivity contribution in [2.75, 3.05) is 26.4 Å². The molecule has 1 amide bonds. The van der Waals surface area contributed by atoms with E-state index >= 15 is 0 Å². The van der Waals surface area contributed by atoms with E-state index in [1.807, 2.05) is 6.92 Å². The first-order valence-electron chi connectivity index (χ1n) is 7.89. The Hall–Kier alpha value is -1.48. The van der Waals surface area contributed by atoms with Crippen molar-refractivity contribution in [1.29, 1.82) is 0 Å². The van der Waals surface area contributed by atoms with Crippen molar-refractivity contribution in [1.82, 2.24) is 24.6 Å². The van der Waals surface area contributed by atoms with Gasteiger partial charge in [-0.1, -0.05) is 18.1 Å². The molecule has 0 radical (unpaired) electrons. The van der Waals surface area contributed by atoms with Crippen LogP contribution >= 0.6 is 0 Å². The lowest BCUT2D eigenvalue weighted by atomic mass is 10.1. The maximum Gasteiger partial charge on any atom is 0.273 e. The summed E-state index contributed by atoms with van der Waals surface area (Å²) in [6.07, 6.45) is 4.91.